The number of amides is 1. The minimum absolute atomic E-state index is 0.00312. The van der Waals surface area contributed by atoms with Gasteiger partial charge in [0.1, 0.15) is 12.4 Å². The van der Waals surface area contributed by atoms with Gasteiger partial charge in [0.2, 0.25) is 5.91 Å². The number of pyridine rings is 1. The van der Waals surface area contributed by atoms with Crippen molar-refractivity contribution in [3.05, 3.63) is 70.4 Å². The van der Waals surface area contributed by atoms with E-state index in [2.05, 4.69) is 4.98 Å². The van der Waals surface area contributed by atoms with E-state index in [-0.39, 0.29) is 24.0 Å². The average molecular weight is 438 g/mol. The van der Waals surface area contributed by atoms with Crippen LogP contribution in [0.25, 0.3) is 11.0 Å². The maximum atomic E-state index is 13.5. The van der Waals surface area contributed by atoms with Crippen LogP contribution in [0.2, 0.25) is 0 Å². The number of nitrogens with zero attached hydrogens (tertiary/aromatic N) is 4. The second-order valence-corrected chi connectivity index (χ2v) is 8.07. The van der Waals surface area contributed by atoms with Crippen LogP contribution in [-0.2, 0) is 16.1 Å². The van der Waals surface area contributed by atoms with Gasteiger partial charge >= 0.3 is 0 Å². The van der Waals surface area contributed by atoms with Gasteiger partial charge in [-0.3, -0.25) is 14.2 Å². The summed E-state index contributed by atoms with van der Waals surface area (Å²) in [6, 6.07) is 12.8. The summed E-state index contributed by atoms with van der Waals surface area (Å²) in [5.74, 6) is 0.374. The number of carbonyl (C=O) groups excluding carboxylic acids is 1. The monoisotopic (exact) mass is 437 g/mol. The van der Waals surface area contributed by atoms with Crippen molar-refractivity contribution in [3.8, 4) is 0 Å². The molecule has 2 aromatic heterocycles. The number of hydrogen-bond donors (Lipinski definition) is 1. The topological polar surface area (TPSA) is 103 Å². The maximum Gasteiger partial charge on any atom is 0.280 e. The minimum atomic E-state index is -0.426. The molecule has 1 unspecified atom stereocenters. The molecule has 0 aliphatic rings. The molecule has 3 aromatic rings. The van der Waals surface area contributed by atoms with Crippen LogP contribution in [0.15, 0.2) is 53.5 Å². The highest BCUT2D eigenvalue weighted by molar-refractivity contribution is 5.78. The van der Waals surface area contributed by atoms with Gasteiger partial charge in [-0.25, -0.2) is 9.97 Å². The Morgan fingerprint density at radius 1 is 1.19 bits per heavy atom. The predicted octanol–water partition coefficient (Wildman–Crippen LogP) is 2.36. The van der Waals surface area contributed by atoms with Crippen molar-refractivity contribution in [1.82, 2.24) is 19.4 Å². The lowest BCUT2D eigenvalue weighted by molar-refractivity contribution is -0.139. The first kappa shape index (κ1) is 23.6. The number of ether oxygens (including phenoxy) is 1. The van der Waals surface area contributed by atoms with E-state index in [0.29, 0.717) is 42.9 Å². The van der Waals surface area contributed by atoms with Crippen molar-refractivity contribution in [3.63, 3.8) is 0 Å². The van der Waals surface area contributed by atoms with Gasteiger partial charge in [0.05, 0.1) is 18.1 Å². The Morgan fingerprint density at radius 2 is 1.94 bits per heavy atom. The molecule has 32 heavy (non-hydrogen) atoms. The third kappa shape index (κ3) is 5.20. The van der Waals surface area contributed by atoms with Gasteiger partial charge in [-0.15, -0.1) is 0 Å². The zero-order chi connectivity index (χ0) is 23.1. The average Bonchev–Trinajstić information content (AvgIpc) is 2.79. The lowest BCUT2D eigenvalue weighted by Gasteiger charge is -2.35. The molecule has 0 saturated carbocycles. The Kier molecular flexibility index (Phi) is 8.08. The molecule has 8 nitrogen and oxygen atoms in total. The first-order valence-corrected chi connectivity index (χ1v) is 10.9. The normalized spacial score (nSPS) is 12.3. The molecule has 2 heterocycles. The number of hydrogen-bond acceptors (Lipinski definition) is 6. The molecule has 1 amide bonds. The molecule has 3 rings (SSSR count). The zero-order valence-corrected chi connectivity index (χ0v) is 18.9. The maximum absolute atomic E-state index is 13.5. The van der Waals surface area contributed by atoms with Gasteiger partial charge in [0, 0.05) is 19.9 Å². The van der Waals surface area contributed by atoms with Crippen LogP contribution in [0.4, 0.5) is 0 Å². The summed E-state index contributed by atoms with van der Waals surface area (Å²) in [7, 11) is 1.49. The summed E-state index contributed by atoms with van der Waals surface area (Å²) in [6.07, 6.45) is 2.23. The minimum Gasteiger partial charge on any atom is -0.375 e. The van der Waals surface area contributed by atoms with Crippen LogP contribution in [-0.4, -0.2) is 52.1 Å². The summed E-state index contributed by atoms with van der Waals surface area (Å²) in [5.41, 5.74) is 7.31. The third-order valence-corrected chi connectivity index (χ3v) is 5.35. The molecule has 0 aliphatic heterocycles. The van der Waals surface area contributed by atoms with E-state index in [1.807, 2.05) is 44.2 Å². The Hall–Kier alpha value is -3.10. The van der Waals surface area contributed by atoms with E-state index in [9.17, 15) is 9.59 Å². The quantitative estimate of drug-likeness (QED) is 0.522. The summed E-state index contributed by atoms with van der Waals surface area (Å²) in [4.78, 5) is 37.4. The van der Waals surface area contributed by atoms with E-state index in [0.717, 1.165) is 5.56 Å². The Morgan fingerprint density at radius 3 is 2.59 bits per heavy atom. The molecule has 170 valence electrons. The van der Waals surface area contributed by atoms with Crippen LogP contribution in [0.3, 0.4) is 0 Å². The summed E-state index contributed by atoms with van der Waals surface area (Å²) in [6.45, 7) is 5.23. The van der Waals surface area contributed by atoms with E-state index >= 15 is 0 Å². The molecule has 8 heteroatoms. The second-order valence-electron chi connectivity index (χ2n) is 8.07. The molecule has 0 bridgehead atoms. The van der Waals surface area contributed by atoms with E-state index in [1.165, 1.54) is 7.11 Å². The molecule has 1 aromatic carbocycles. The van der Waals surface area contributed by atoms with E-state index in [4.69, 9.17) is 15.5 Å². The van der Waals surface area contributed by atoms with Crippen LogP contribution in [0, 0.1) is 5.92 Å². The van der Waals surface area contributed by atoms with Crippen LogP contribution >= 0.6 is 0 Å². The van der Waals surface area contributed by atoms with Crippen molar-refractivity contribution >= 4 is 16.9 Å². The highest BCUT2D eigenvalue weighted by Gasteiger charge is 2.32. The smallest absolute Gasteiger partial charge is 0.280 e. The summed E-state index contributed by atoms with van der Waals surface area (Å²) < 4.78 is 6.77. The second kappa shape index (κ2) is 11.0. The molecule has 0 radical (unpaired) electrons. The number of rotatable bonds is 10. The Labute approximate surface area is 188 Å². The number of carbonyl (C=O) groups is 1. The number of benzene rings is 1. The largest absolute Gasteiger partial charge is 0.375 e. The van der Waals surface area contributed by atoms with Gasteiger partial charge in [-0.2, -0.15) is 0 Å². The highest BCUT2D eigenvalue weighted by Crippen LogP contribution is 2.28. The van der Waals surface area contributed by atoms with Gasteiger partial charge < -0.3 is 15.4 Å². The first-order valence-electron chi connectivity index (χ1n) is 10.9. The molecular weight excluding hydrogens is 406 g/mol. The van der Waals surface area contributed by atoms with Gasteiger partial charge in [-0.05, 0) is 36.6 Å². The Balaban J connectivity index is 2.22. The molecule has 0 spiro atoms. The van der Waals surface area contributed by atoms with Gasteiger partial charge in [0.25, 0.3) is 5.56 Å². The summed E-state index contributed by atoms with van der Waals surface area (Å²) in [5, 5.41) is 0. The Bertz CT molecular complexity index is 1100. The van der Waals surface area contributed by atoms with Crippen molar-refractivity contribution in [2.75, 3.05) is 26.8 Å². The van der Waals surface area contributed by atoms with Gasteiger partial charge in [0.15, 0.2) is 5.52 Å². The van der Waals surface area contributed by atoms with Crippen molar-refractivity contribution < 1.29 is 9.53 Å². The zero-order valence-electron chi connectivity index (χ0n) is 18.9. The SMILES string of the molecule is COCC(=O)N(CCCN)C(c1nc2cccnc2c(=O)n1Cc1ccccc1)C(C)C. The number of nitrogens with two attached hydrogens (primary N) is 1. The molecule has 0 aliphatic carbocycles. The predicted molar refractivity (Wildman–Crippen MR) is 124 cm³/mol. The van der Waals surface area contributed by atoms with Crippen molar-refractivity contribution in [2.45, 2.75) is 32.9 Å². The van der Waals surface area contributed by atoms with Crippen LogP contribution in [0.5, 0.6) is 0 Å². The lowest BCUT2D eigenvalue weighted by atomic mass is 10.00. The first-order chi connectivity index (χ1) is 15.5. The van der Waals surface area contributed by atoms with Crippen LogP contribution in [0.1, 0.15) is 37.7 Å². The highest BCUT2D eigenvalue weighted by atomic mass is 16.5. The lowest BCUT2D eigenvalue weighted by Crippen LogP contribution is -2.43. The molecular formula is C24H31N5O3. The summed E-state index contributed by atoms with van der Waals surface area (Å²) >= 11 is 0. The number of fused-ring (bicyclic) bond motifs is 1. The molecule has 2 N–H and O–H groups in total. The number of methoxy groups -OCH3 is 1. The fourth-order valence-electron chi connectivity index (χ4n) is 3.90. The van der Waals surface area contributed by atoms with Crippen LogP contribution < -0.4 is 11.3 Å². The molecule has 0 saturated heterocycles. The van der Waals surface area contributed by atoms with E-state index < -0.39 is 6.04 Å². The fourth-order valence-corrected chi connectivity index (χ4v) is 3.90. The van der Waals surface area contributed by atoms with Gasteiger partial charge in [-0.1, -0.05) is 44.2 Å². The molecule has 0 fully saturated rings. The van der Waals surface area contributed by atoms with Crippen molar-refractivity contribution in [2.24, 2.45) is 11.7 Å². The number of aromatic nitrogens is 3. The molecule has 1 atom stereocenters. The standard InChI is InChI=1S/C24H31N5O3/c1-17(2)22(28(14-8-12-25)20(30)16-32-3)23-27-19-11-7-13-26-21(19)24(31)29(23)15-18-9-5-4-6-10-18/h4-7,9-11,13,17,22H,8,12,14-16,25H2,1-3H3. The van der Waals surface area contributed by atoms with E-state index in [1.54, 1.807) is 27.8 Å². The fraction of sp³-hybridized carbons (Fsp3) is 0.417. The van der Waals surface area contributed by atoms with Crippen molar-refractivity contribution in [1.29, 1.82) is 0 Å². The third-order valence-electron chi connectivity index (χ3n) is 5.35.